The lowest BCUT2D eigenvalue weighted by Crippen LogP contribution is -2.16. The van der Waals surface area contributed by atoms with Crippen molar-refractivity contribution in [3.05, 3.63) is 42.0 Å². The van der Waals surface area contributed by atoms with Gasteiger partial charge >= 0.3 is 5.97 Å². The van der Waals surface area contributed by atoms with Crippen LogP contribution in [0.5, 0.6) is 0 Å². The van der Waals surface area contributed by atoms with E-state index >= 15 is 0 Å². The Balaban J connectivity index is 2.45. The van der Waals surface area contributed by atoms with Gasteiger partial charge in [0.25, 0.3) is 10.0 Å². The van der Waals surface area contributed by atoms with Crippen molar-refractivity contribution in [3.63, 3.8) is 0 Å². The molecule has 7 nitrogen and oxygen atoms in total. The largest absolute Gasteiger partial charge is 0.478 e. The minimum atomic E-state index is -4.02. The minimum absolute atomic E-state index is 0.187. The predicted molar refractivity (Wildman–Crippen MR) is 62.8 cm³/mol. The summed E-state index contributed by atoms with van der Waals surface area (Å²) >= 11 is 0. The summed E-state index contributed by atoms with van der Waals surface area (Å²) in [4.78, 5) is 10.7. The van der Waals surface area contributed by atoms with Crippen molar-refractivity contribution in [2.45, 2.75) is 4.90 Å². The summed E-state index contributed by atoms with van der Waals surface area (Å²) in [7, 11) is -4.02. The van der Waals surface area contributed by atoms with Crippen molar-refractivity contribution in [2.75, 3.05) is 4.72 Å². The Labute approximate surface area is 107 Å². The molecule has 1 heterocycles. The molecule has 0 atom stereocenters. The molecule has 0 aliphatic heterocycles. The average Bonchev–Trinajstić information content (AvgIpc) is 2.81. The van der Waals surface area contributed by atoms with Crippen LogP contribution in [-0.4, -0.2) is 29.7 Å². The van der Waals surface area contributed by atoms with Crippen LogP contribution < -0.4 is 4.72 Å². The molecule has 0 unspecified atom stereocenters. The van der Waals surface area contributed by atoms with E-state index in [9.17, 15) is 17.6 Å². The monoisotopic (exact) mass is 285 g/mol. The minimum Gasteiger partial charge on any atom is -0.478 e. The first kappa shape index (κ1) is 13.0. The molecule has 1 aromatic carbocycles. The van der Waals surface area contributed by atoms with Gasteiger partial charge in [-0.15, -0.1) is 0 Å². The fourth-order valence-corrected chi connectivity index (χ4v) is 2.39. The summed E-state index contributed by atoms with van der Waals surface area (Å²) in [6.07, 6.45) is 2.16. The van der Waals surface area contributed by atoms with E-state index in [1.807, 2.05) is 4.72 Å². The molecule has 2 rings (SSSR count). The maximum atomic E-state index is 13.4. The predicted octanol–water partition coefficient (Wildman–Crippen LogP) is 1.05. The van der Waals surface area contributed by atoms with E-state index < -0.39 is 27.4 Å². The van der Waals surface area contributed by atoms with Gasteiger partial charge in [0.2, 0.25) is 0 Å². The molecule has 0 bridgehead atoms. The van der Waals surface area contributed by atoms with Crippen molar-refractivity contribution in [1.29, 1.82) is 0 Å². The smallest absolute Gasteiger partial charge is 0.340 e. The van der Waals surface area contributed by atoms with E-state index in [0.29, 0.717) is 0 Å². The quantitative estimate of drug-likeness (QED) is 0.777. The maximum absolute atomic E-state index is 13.4. The number of anilines is 1. The van der Waals surface area contributed by atoms with Crippen LogP contribution in [0.1, 0.15) is 10.4 Å². The lowest BCUT2D eigenvalue weighted by atomic mass is 10.2. The van der Waals surface area contributed by atoms with Crippen LogP contribution in [0, 0.1) is 5.82 Å². The number of carboxylic acid groups (broad SMARTS) is 1. The second kappa shape index (κ2) is 4.69. The molecular formula is C10H8FN3O4S. The zero-order valence-corrected chi connectivity index (χ0v) is 10.1. The lowest BCUT2D eigenvalue weighted by Gasteiger charge is -2.09. The maximum Gasteiger partial charge on any atom is 0.340 e. The Morgan fingerprint density at radius 3 is 2.74 bits per heavy atom. The number of benzene rings is 1. The van der Waals surface area contributed by atoms with Crippen molar-refractivity contribution < 1.29 is 22.7 Å². The highest BCUT2D eigenvalue weighted by molar-refractivity contribution is 7.92. The molecule has 0 aliphatic carbocycles. The first-order valence-corrected chi connectivity index (χ1v) is 6.43. The highest BCUT2D eigenvalue weighted by Gasteiger charge is 2.21. The number of sulfonamides is 1. The van der Waals surface area contributed by atoms with Gasteiger partial charge in [-0.3, -0.25) is 9.82 Å². The highest BCUT2D eigenvalue weighted by atomic mass is 32.2. The highest BCUT2D eigenvalue weighted by Crippen LogP contribution is 2.22. The standard InChI is InChI=1S/C10H8FN3O4S/c11-7-2-1-3-8(9(7)10(15)16)14-19(17,18)6-4-12-13-5-6/h1-5,14H,(H,12,13)(H,15,16). The van der Waals surface area contributed by atoms with Crippen molar-refractivity contribution in [1.82, 2.24) is 10.2 Å². The first-order valence-electron chi connectivity index (χ1n) is 4.95. The Bertz CT molecular complexity index is 712. The fourth-order valence-electron chi connectivity index (χ4n) is 1.42. The summed E-state index contributed by atoms with van der Waals surface area (Å²) in [6.45, 7) is 0. The van der Waals surface area contributed by atoms with E-state index in [1.165, 1.54) is 6.07 Å². The second-order valence-corrected chi connectivity index (χ2v) is 5.19. The van der Waals surface area contributed by atoms with Crippen LogP contribution in [-0.2, 0) is 10.0 Å². The number of carboxylic acids is 1. The molecule has 0 amide bonds. The van der Waals surface area contributed by atoms with Crippen LogP contribution >= 0.6 is 0 Å². The molecule has 0 aliphatic rings. The van der Waals surface area contributed by atoms with E-state index in [1.54, 1.807) is 0 Å². The number of aromatic carboxylic acids is 1. The molecule has 3 N–H and O–H groups in total. The van der Waals surface area contributed by atoms with Crippen LogP contribution in [0.2, 0.25) is 0 Å². The number of hydrogen-bond acceptors (Lipinski definition) is 4. The van der Waals surface area contributed by atoms with Crippen LogP contribution in [0.15, 0.2) is 35.5 Å². The summed E-state index contributed by atoms with van der Waals surface area (Å²) in [5.41, 5.74) is -1.09. The lowest BCUT2D eigenvalue weighted by molar-refractivity contribution is 0.0693. The number of nitrogens with zero attached hydrogens (tertiary/aromatic N) is 1. The molecule has 9 heteroatoms. The normalized spacial score (nSPS) is 11.2. The third-order valence-electron chi connectivity index (χ3n) is 2.26. The third kappa shape index (κ3) is 2.55. The van der Waals surface area contributed by atoms with Gasteiger partial charge in [-0.05, 0) is 12.1 Å². The number of aromatic nitrogens is 2. The van der Waals surface area contributed by atoms with Gasteiger partial charge in [-0.1, -0.05) is 6.07 Å². The Morgan fingerprint density at radius 2 is 2.16 bits per heavy atom. The van der Waals surface area contributed by atoms with Gasteiger partial charge in [0.05, 0.1) is 11.9 Å². The summed E-state index contributed by atoms with van der Waals surface area (Å²) in [6, 6.07) is 3.29. The molecule has 0 saturated carbocycles. The Kier molecular flexibility index (Phi) is 3.21. The van der Waals surface area contributed by atoms with Crippen molar-refractivity contribution >= 4 is 21.7 Å². The summed E-state index contributed by atoms with van der Waals surface area (Å²) < 4.78 is 39.1. The molecular weight excluding hydrogens is 277 g/mol. The molecule has 0 spiro atoms. The zero-order chi connectivity index (χ0) is 14.0. The fraction of sp³-hybridized carbons (Fsp3) is 0. The van der Waals surface area contributed by atoms with Crippen LogP contribution in [0.4, 0.5) is 10.1 Å². The van der Waals surface area contributed by atoms with E-state index in [2.05, 4.69) is 10.2 Å². The Hall–Kier alpha value is -2.42. The number of aromatic amines is 1. The Morgan fingerprint density at radius 1 is 1.42 bits per heavy atom. The number of halogens is 1. The number of hydrogen-bond donors (Lipinski definition) is 3. The van der Waals surface area contributed by atoms with Crippen molar-refractivity contribution in [2.24, 2.45) is 0 Å². The number of carbonyl (C=O) groups is 1. The molecule has 19 heavy (non-hydrogen) atoms. The summed E-state index contributed by atoms with van der Waals surface area (Å²) in [5.74, 6) is -2.59. The van der Waals surface area contributed by atoms with Gasteiger partial charge in [-0.2, -0.15) is 5.10 Å². The molecule has 0 radical (unpaired) electrons. The molecule has 0 saturated heterocycles. The average molecular weight is 285 g/mol. The van der Waals surface area contributed by atoms with Gasteiger partial charge in [0.1, 0.15) is 16.3 Å². The van der Waals surface area contributed by atoms with E-state index in [0.717, 1.165) is 24.5 Å². The van der Waals surface area contributed by atoms with Gasteiger partial charge in [0, 0.05) is 6.20 Å². The van der Waals surface area contributed by atoms with Crippen LogP contribution in [0.3, 0.4) is 0 Å². The number of nitrogens with one attached hydrogen (secondary N) is 2. The summed E-state index contributed by atoms with van der Waals surface area (Å²) in [5, 5.41) is 14.7. The number of rotatable bonds is 4. The molecule has 0 fully saturated rings. The molecule has 1 aromatic heterocycles. The molecule has 2 aromatic rings. The van der Waals surface area contributed by atoms with Gasteiger partial charge in [-0.25, -0.2) is 17.6 Å². The second-order valence-electron chi connectivity index (χ2n) is 3.51. The topological polar surface area (TPSA) is 112 Å². The molecule has 100 valence electrons. The zero-order valence-electron chi connectivity index (χ0n) is 9.29. The van der Waals surface area contributed by atoms with Crippen LogP contribution in [0.25, 0.3) is 0 Å². The van der Waals surface area contributed by atoms with Crippen molar-refractivity contribution in [3.8, 4) is 0 Å². The van der Waals surface area contributed by atoms with E-state index in [4.69, 9.17) is 5.11 Å². The number of H-pyrrole nitrogens is 1. The van der Waals surface area contributed by atoms with E-state index in [-0.39, 0.29) is 10.6 Å². The SMILES string of the molecule is O=C(O)c1c(F)cccc1NS(=O)(=O)c1cn[nH]c1. The van der Waals surface area contributed by atoms with Gasteiger partial charge < -0.3 is 5.11 Å². The van der Waals surface area contributed by atoms with Gasteiger partial charge in [0.15, 0.2) is 0 Å². The third-order valence-corrected chi connectivity index (χ3v) is 3.59. The first-order chi connectivity index (χ1) is 8.92.